The first-order valence-electron chi connectivity index (χ1n) is 12.5. The van der Waals surface area contributed by atoms with Gasteiger partial charge in [-0.3, -0.25) is 10.00 Å². The average molecular weight is 448 g/mol. The molecule has 2 aromatic carbocycles. The Morgan fingerprint density at radius 3 is 2.64 bits per heavy atom. The van der Waals surface area contributed by atoms with E-state index in [9.17, 15) is 4.79 Å². The van der Waals surface area contributed by atoms with E-state index in [-0.39, 0.29) is 12.1 Å². The first-order chi connectivity index (χ1) is 16.1. The molecule has 0 bridgehead atoms. The minimum atomic E-state index is -0.107. The molecular weight excluding hydrogens is 410 g/mol. The van der Waals surface area contributed by atoms with Crippen molar-refractivity contribution < 1.29 is 4.79 Å². The summed E-state index contributed by atoms with van der Waals surface area (Å²) in [6.07, 6.45) is 5.70. The number of nitrogens with zero attached hydrogens (tertiary/aromatic N) is 3. The van der Waals surface area contributed by atoms with Crippen LogP contribution >= 0.6 is 0 Å². The number of carbonyl (C=O) groups excluding carboxylic acids is 1. The van der Waals surface area contributed by atoms with Crippen LogP contribution < -0.4 is 10.2 Å². The fourth-order valence-corrected chi connectivity index (χ4v) is 4.77. The number of urea groups is 1. The molecule has 0 spiro atoms. The molecule has 3 aromatic rings. The normalized spacial score (nSPS) is 16.1. The molecule has 1 unspecified atom stereocenters. The number of unbranched alkanes of at least 4 members (excludes halogenated alkanes) is 1. The van der Waals surface area contributed by atoms with Gasteiger partial charge in [-0.1, -0.05) is 38.5 Å². The second-order valence-electron chi connectivity index (χ2n) is 9.23. The minimum Gasteiger partial charge on any atom is -0.308 e. The molecule has 2 N–H and O–H groups in total. The van der Waals surface area contributed by atoms with Gasteiger partial charge in [0.25, 0.3) is 0 Å². The van der Waals surface area contributed by atoms with E-state index in [4.69, 9.17) is 0 Å². The van der Waals surface area contributed by atoms with Gasteiger partial charge in [0.05, 0.1) is 5.52 Å². The standard InChI is InChI=1S/C27H37N5O/c1-4-6-16-31-17-14-21(15-18-31)26-24-19-22(12-13-25(24)29-30-26)28-27(33)32(20(3)5-2)23-10-8-7-9-11-23/h7-13,19-21H,4-6,14-18H2,1-3H3,(H,28,33)(H,29,30). The van der Waals surface area contributed by atoms with Crippen LogP contribution in [0.5, 0.6) is 0 Å². The summed E-state index contributed by atoms with van der Waals surface area (Å²) in [5.74, 6) is 0.486. The number of nitrogens with one attached hydrogen (secondary N) is 2. The van der Waals surface area contributed by atoms with Crippen molar-refractivity contribution in [3.05, 3.63) is 54.2 Å². The molecule has 1 atom stereocenters. The third-order valence-corrected chi connectivity index (χ3v) is 6.94. The fourth-order valence-electron chi connectivity index (χ4n) is 4.77. The van der Waals surface area contributed by atoms with Crippen LogP contribution in [0, 0.1) is 0 Å². The zero-order valence-corrected chi connectivity index (χ0v) is 20.2. The number of amides is 2. The lowest BCUT2D eigenvalue weighted by molar-refractivity contribution is 0.208. The lowest BCUT2D eigenvalue weighted by atomic mass is 9.91. The highest BCUT2D eigenvalue weighted by molar-refractivity contribution is 6.03. The quantitative estimate of drug-likeness (QED) is 0.421. The molecule has 1 aliphatic heterocycles. The van der Waals surface area contributed by atoms with Crippen molar-refractivity contribution in [2.24, 2.45) is 0 Å². The van der Waals surface area contributed by atoms with Gasteiger partial charge in [0, 0.05) is 34.4 Å². The van der Waals surface area contributed by atoms with Gasteiger partial charge in [0.15, 0.2) is 0 Å². The Hall–Kier alpha value is -2.86. The van der Waals surface area contributed by atoms with Crippen molar-refractivity contribution in [2.75, 3.05) is 29.9 Å². The van der Waals surface area contributed by atoms with E-state index in [1.807, 2.05) is 47.4 Å². The third kappa shape index (κ3) is 5.38. The van der Waals surface area contributed by atoms with Crippen molar-refractivity contribution in [2.45, 2.75) is 64.8 Å². The number of carbonyl (C=O) groups is 1. The molecule has 6 heteroatoms. The summed E-state index contributed by atoms with van der Waals surface area (Å²) in [6, 6.07) is 15.9. The SMILES string of the molecule is CCCCN1CCC(c2[nH]nc3ccc(NC(=O)N(c4ccccc4)C(C)CC)cc23)CC1. The summed E-state index contributed by atoms with van der Waals surface area (Å²) in [7, 11) is 0. The van der Waals surface area contributed by atoms with E-state index in [1.165, 1.54) is 25.1 Å². The highest BCUT2D eigenvalue weighted by atomic mass is 16.2. The summed E-state index contributed by atoms with van der Waals surface area (Å²) < 4.78 is 0. The van der Waals surface area contributed by atoms with Crippen molar-refractivity contribution in [3.8, 4) is 0 Å². The lowest BCUT2D eigenvalue weighted by Crippen LogP contribution is -2.41. The fraction of sp³-hybridized carbons (Fsp3) is 0.481. The van der Waals surface area contributed by atoms with Crippen molar-refractivity contribution in [1.29, 1.82) is 0 Å². The maximum Gasteiger partial charge on any atom is 0.326 e. The Labute approximate surface area is 197 Å². The molecule has 0 aliphatic carbocycles. The number of fused-ring (bicyclic) bond motifs is 1. The van der Waals surface area contributed by atoms with Crippen LogP contribution in [0.1, 0.15) is 64.5 Å². The zero-order chi connectivity index (χ0) is 23.2. The summed E-state index contributed by atoms with van der Waals surface area (Å²) >= 11 is 0. The lowest BCUT2D eigenvalue weighted by Gasteiger charge is -2.31. The van der Waals surface area contributed by atoms with Crippen LogP contribution in [0.25, 0.3) is 10.9 Å². The second-order valence-corrected chi connectivity index (χ2v) is 9.23. The molecule has 1 aromatic heterocycles. The largest absolute Gasteiger partial charge is 0.326 e. The molecule has 2 heterocycles. The van der Waals surface area contributed by atoms with E-state index in [2.05, 4.69) is 47.3 Å². The first kappa shape index (κ1) is 23.3. The molecule has 1 saturated heterocycles. The summed E-state index contributed by atoms with van der Waals surface area (Å²) in [4.78, 5) is 17.7. The van der Waals surface area contributed by atoms with E-state index in [1.54, 1.807) is 0 Å². The van der Waals surface area contributed by atoms with Crippen LogP contribution in [-0.2, 0) is 0 Å². The Kier molecular flexibility index (Phi) is 7.65. The molecule has 0 saturated carbocycles. The number of benzene rings is 2. The summed E-state index contributed by atoms with van der Waals surface area (Å²) in [6.45, 7) is 9.92. The Bertz CT molecular complexity index is 1040. The number of aromatic nitrogens is 2. The molecule has 4 rings (SSSR count). The van der Waals surface area contributed by atoms with Crippen LogP contribution in [0.3, 0.4) is 0 Å². The molecule has 176 valence electrons. The predicted molar refractivity (Wildman–Crippen MR) is 137 cm³/mol. The van der Waals surface area contributed by atoms with E-state index < -0.39 is 0 Å². The Balaban J connectivity index is 1.50. The van der Waals surface area contributed by atoms with Gasteiger partial charge in [-0.15, -0.1) is 0 Å². The van der Waals surface area contributed by atoms with Crippen molar-refractivity contribution >= 4 is 28.3 Å². The maximum atomic E-state index is 13.3. The van der Waals surface area contributed by atoms with Gasteiger partial charge in [-0.25, -0.2) is 4.79 Å². The number of hydrogen-bond donors (Lipinski definition) is 2. The molecule has 0 radical (unpaired) electrons. The van der Waals surface area contributed by atoms with E-state index >= 15 is 0 Å². The van der Waals surface area contributed by atoms with Gasteiger partial charge in [0.1, 0.15) is 0 Å². The average Bonchev–Trinajstić information content (AvgIpc) is 3.27. The zero-order valence-electron chi connectivity index (χ0n) is 20.2. The number of hydrogen-bond acceptors (Lipinski definition) is 3. The number of piperidine rings is 1. The molecule has 2 amide bonds. The molecular formula is C27H37N5O. The van der Waals surface area contributed by atoms with Crippen molar-refractivity contribution in [1.82, 2.24) is 15.1 Å². The van der Waals surface area contributed by atoms with E-state index in [0.717, 1.165) is 54.6 Å². The van der Waals surface area contributed by atoms with E-state index in [0.29, 0.717) is 5.92 Å². The van der Waals surface area contributed by atoms with Crippen LogP contribution in [0.4, 0.5) is 16.2 Å². The number of para-hydroxylation sites is 1. The first-order valence-corrected chi connectivity index (χ1v) is 12.5. The smallest absolute Gasteiger partial charge is 0.308 e. The molecule has 1 fully saturated rings. The van der Waals surface area contributed by atoms with Gasteiger partial charge < -0.3 is 10.2 Å². The number of rotatable bonds is 8. The number of aromatic amines is 1. The molecule has 33 heavy (non-hydrogen) atoms. The number of anilines is 2. The van der Waals surface area contributed by atoms with Gasteiger partial charge in [-0.2, -0.15) is 5.10 Å². The Morgan fingerprint density at radius 2 is 1.94 bits per heavy atom. The minimum absolute atomic E-state index is 0.0958. The summed E-state index contributed by atoms with van der Waals surface area (Å²) in [5.41, 5.74) is 3.88. The van der Waals surface area contributed by atoms with Gasteiger partial charge >= 0.3 is 6.03 Å². The number of H-pyrrole nitrogens is 1. The van der Waals surface area contributed by atoms with Crippen molar-refractivity contribution in [3.63, 3.8) is 0 Å². The third-order valence-electron chi connectivity index (χ3n) is 6.94. The second kappa shape index (κ2) is 10.8. The Morgan fingerprint density at radius 1 is 1.18 bits per heavy atom. The molecule has 1 aliphatic rings. The highest BCUT2D eigenvalue weighted by Crippen LogP contribution is 2.33. The summed E-state index contributed by atoms with van der Waals surface area (Å²) in [5, 5.41) is 12.1. The highest BCUT2D eigenvalue weighted by Gasteiger charge is 2.24. The number of likely N-dealkylation sites (tertiary alicyclic amines) is 1. The predicted octanol–water partition coefficient (Wildman–Crippen LogP) is 6.38. The van der Waals surface area contributed by atoms with Crippen LogP contribution in [0.2, 0.25) is 0 Å². The topological polar surface area (TPSA) is 64.3 Å². The van der Waals surface area contributed by atoms with Crippen LogP contribution in [0.15, 0.2) is 48.5 Å². The van der Waals surface area contributed by atoms with Gasteiger partial charge in [0.2, 0.25) is 0 Å². The molecule has 6 nitrogen and oxygen atoms in total. The maximum absolute atomic E-state index is 13.3. The monoisotopic (exact) mass is 447 g/mol. The van der Waals surface area contributed by atoms with Gasteiger partial charge in [-0.05, 0) is 82.6 Å². The van der Waals surface area contributed by atoms with Crippen LogP contribution in [-0.4, -0.2) is 46.8 Å².